The summed E-state index contributed by atoms with van der Waals surface area (Å²) in [5.41, 5.74) is 2.07. The number of amides is 1. The average molecular weight is 296 g/mol. The molecule has 3 rings (SSSR count). The van der Waals surface area contributed by atoms with Gasteiger partial charge in [0.1, 0.15) is 0 Å². The van der Waals surface area contributed by atoms with Gasteiger partial charge in [0, 0.05) is 49.8 Å². The van der Waals surface area contributed by atoms with Crippen LogP contribution in [0.1, 0.15) is 12.5 Å². The lowest BCUT2D eigenvalue weighted by Gasteiger charge is -2.31. The third-order valence-electron chi connectivity index (χ3n) is 3.79. The Hall–Kier alpha value is -2.40. The molecular weight excluding hydrogens is 276 g/mol. The van der Waals surface area contributed by atoms with Crippen molar-refractivity contribution >= 4 is 12.0 Å². The van der Waals surface area contributed by atoms with Gasteiger partial charge in [0.25, 0.3) is 0 Å². The Kier molecular flexibility index (Phi) is 4.34. The van der Waals surface area contributed by atoms with Gasteiger partial charge in [-0.05, 0) is 30.7 Å². The van der Waals surface area contributed by atoms with E-state index in [0.717, 1.165) is 30.9 Å². The molecule has 0 spiro atoms. The largest absolute Gasteiger partial charge is 0.336 e. The van der Waals surface area contributed by atoms with Gasteiger partial charge >= 0.3 is 0 Å². The molecule has 0 saturated carbocycles. The lowest BCUT2D eigenvalue weighted by atomic mass is 10.2. The number of carbonyl (C=O) groups excluding carboxylic acids is 1. The first-order valence-corrected chi connectivity index (χ1v) is 7.51. The Bertz CT molecular complexity index is 646. The zero-order valence-corrected chi connectivity index (χ0v) is 12.6. The van der Waals surface area contributed by atoms with Crippen molar-refractivity contribution in [3.05, 3.63) is 54.6 Å². The van der Waals surface area contributed by atoms with Crippen LogP contribution in [0.3, 0.4) is 0 Å². The van der Waals surface area contributed by atoms with E-state index in [2.05, 4.69) is 17.2 Å². The molecule has 1 unspecified atom stereocenters. The third-order valence-corrected chi connectivity index (χ3v) is 3.79. The van der Waals surface area contributed by atoms with Crippen LogP contribution in [-0.4, -0.2) is 46.0 Å². The van der Waals surface area contributed by atoms with E-state index in [4.69, 9.17) is 0 Å². The number of nitrogens with one attached hydrogen (secondary N) is 1. The van der Waals surface area contributed by atoms with Gasteiger partial charge in [-0.1, -0.05) is 12.1 Å². The van der Waals surface area contributed by atoms with Gasteiger partial charge in [-0.15, -0.1) is 0 Å². The van der Waals surface area contributed by atoms with Crippen molar-refractivity contribution in [2.24, 2.45) is 0 Å². The minimum Gasteiger partial charge on any atom is -0.336 e. The average Bonchev–Trinajstić information content (AvgIpc) is 3.07. The van der Waals surface area contributed by atoms with Crippen LogP contribution in [0, 0.1) is 0 Å². The second-order valence-corrected chi connectivity index (χ2v) is 5.53. The van der Waals surface area contributed by atoms with Crippen LogP contribution < -0.4 is 5.32 Å². The Labute approximate surface area is 130 Å². The number of imidazole rings is 1. The van der Waals surface area contributed by atoms with Crippen molar-refractivity contribution < 1.29 is 4.79 Å². The highest BCUT2D eigenvalue weighted by atomic mass is 16.2. The first-order valence-electron chi connectivity index (χ1n) is 7.51. The van der Waals surface area contributed by atoms with Gasteiger partial charge in [-0.2, -0.15) is 0 Å². The lowest BCUT2D eigenvalue weighted by Crippen LogP contribution is -2.50. The molecule has 1 fully saturated rings. The van der Waals surface area contributed by atoms with Crippen molar-refractivity contribution in [2.75, 3.05) is 19.6 Å². The molecule has 1 aromatic heterocycles. The van der Waals surface area contributed by atoms with Crippen molar-refractivity contribution in [1.29, 1.82) is 0 Å². The fraction of sp³-hybridized carbons (Fsp3) is 0.294. The van der Waals surface area contributed by atoms with Crippen LogP contribution in [0.5, 0.6) is 0 Å². The minimum atomic E-state index is 0.0760. The number of aromatic nitrogens is 2. The van der Waals surface area contributed by atoms with E-state index < -0.39 is 0 Å². The van der Waals surface area contributed by atoms with Gasteiger partial charge in [-0.25, -0.2) is 4.98 Å². The predicted molar refractivity (Wildman–Crippen MR) is 86.6 cm³/mol. The fourth-order valence-corrected chi connectivity index (χ4v) is 2.57. The van der Waals surface area contributed by atoms with E-state index in [1.807, 2.05) is 46.0 Å². The van der Waals surface area contributed by atoms with Gasteiger partial charge in [-0.3, -0.25) is 4.79 Å². The number of hydrogen-bond donors (Lipinski definition) is 1. The molecule has 0 bridgehead atoms. The standard InChI is InChI=1S/C17H20N4O/c1-14-12-20(11-9-19-14)17(22)7-4-15-2-5-16(6-3-15)21-10-8-18-13-21/h2-8,10,13-14,19H,9,11-12H2,1H3. The van der Waals surface area contributed by atoms with Crippen molar-refractivity contribution in [3.8, 4) is 5.69 Å². The number of carbonyl (C=O) groups is 1. The highest BCUT2D eigenvalue weighted by molar-refractivity contribution is 5.91. The molecule has 1 saturated heterocycles. The molecule has 1 aromatic carbocycles. The zero-order chi connectivity index (χ0) is 15.4. The molecule has 1 atom stereocenters. The predicted octanol–water partition coefficient (Wildman–Crippen LogP) is 1.71. The van der Waals surface area contributed by atoms with Crippen LogP contribution >= 0.6 is 0 Å². The molecule has 1 amide bonds. The van der Waals surface area contributed by atoms with E-state index in [9.17, 15) is 4.79 Å². The van der Waals surface area contributed by atoms with Crippen molar-refractivity contribution in [2.45, 2.75) is 13.0 Å². The summed E-state index contributed by atoms with van der Waals surface area (Å²) in [6, 6.07) is 8.39. The number of benzene rings is 1. The topological polar surface area (TPSA) is 50.2 Å². The summed E-state index contributed by atoms with van der Waals surface area (Å²) in [6.07, 6.45) is 8.94. The van der Waals surface area contributed by atoms with Crippen LogP contribution in [0.15, 0.2) is 49.1 Å². The summed E-state index contributed by atoms with van der Waals surface area (Å²) >= 11 is 0. The first-order chi connectivity index (χ1) is 10.7. The lowest BCUT2D eigenvalue weighted by molar-refractivity contribution is -0.127. The van der Waals surface area contributed by atoms with Crippen LogP contribution in [-0.2, 0) is 4.79 Å². The van der Waals surface area contributed by atoms with Crippen LogP contribution in [0.2, 0.25) is 0 Å². The first kappa shape index (κ1) is 14.5. The Morgan fingerprint density at radius 1 is 1.36 bits per heavy atom. The number of rotatable bonds is 3. The van der Waals surface area contributed by atoms with Gasteiger partial charge in [0.15, 0.2) is 0 Å². The Morgan fingerprint density at radius 2 is 2.18 bits per heavy atom. The molecule has 5 nitrogen and oxygen atoms in total. The molecule has 1 aliphatic heterocycles. The minimum absolute atomic E-state index is 0.0760. The Morgan fingerprint density at radius 3 is 2.86 bits per heavy atom. The maximum Gasteiger partial charge on any atom is 0.246 e. The summed E-state index contributed by atoms with van der Waals surface area (Å²) in [7, 11) is 0. The highest BCUT2D eigenvalue weighted by Gasteiger charge is 2.18. The molecule has 0 radical (unpaired) electrons. The van der Waals surface area contributed by atoms with Crippen LogP contribution in [0.4, 0.5) is 0 Å². The van der Waals surface area contributed by atoms with E-state index >= 15 is 0 Å². The summed E-state index contributed by atoms with van der Waals surface area (Å²) in [6.45, 7) is 4.49. The number of piperazine rings is 1. The molecule has 2 aromatic rings. The van der Waals surface area contributed by atoms with Crippen molar-refractivity contribution in [3.63, 3.8) is 0 Å². The second kappa shape index (κ2) is 6.58. The highest BCUT2D eigenvalue weighted by Crippen LogP contribution is 2.11. The summed E-state index contributed by atoms with van der Waals surface area (Å²) < 4.78 is 1.95. The number of hydrogen-bond acceptors (Lipinski definition) is 3. The summed E-state index contributed by atoms with van der Waals surface area (Å²) in [4.78, 5) is 18.1. The molecule has 114 valence electrons. The second-order valence-electron chi connectivity index (χ2n) is 5.53. The van der Waals surface area contributed by atoms with Crippen LogP contribution in [0.25, 0.3) is 11.8 Å². The molecule has 22 heavy (non-hydrogen) atoms. The fourth-order valence-electron chi connectivity index (χ4n) is 2.57. The molecule has 1 aliphatic rings. The van der Waals surface area contributed by atoms with E-state index in [1.165, 1.54) is 0 Å². The van der Waals surface area contributed by atoms with Gasteiger partial charge in [0.05, 0.1) is 6.33 Å². The quantitative estimate of drug-likeness (QED) is 0.877. The summed E-state index contributed by atoms with van der Waals surface area (Å²) in [5, 5.41) is 3.33. The molecular formula is C17H20N4O. The molecule has 0 aliphatic carbocycles. The van der Waals surface area contributed by atoms with Gasteiger partial charge in [0.2, 0.25) is 5.91 Å². The maximum absolute atomic E-state index is 12.2. The van der Waals surface area contributed by atoms with Crippen molar-refractivity contribution in [1.82, 2.24) is 19.8 Å². The third kappa shape index (κ3) is 3.43. The van der Waals surface area contributed by atoms with E-state index in [-0.39, 0.29) is 5.91 Å². The van der Waals surface area contributed by atoms with E-state index in [0.29, 0.717) is 6.04 Å². The smallest absolute Gasteiger partial charge is 0.246 e. The monoisotopic (exact) mass is 296 g/mol. The van der Waals surface area contributed by atoms with Gasteiger partial charge < -0.3 is 14.8 Å². The normalized spacial score (nSPS) is 18.8. The molecule has 2 heterocycles. The molecule has 5 heteroatoms. The van der Waals surface area contributed by atoms with E-state index in [1.54, 1.807) is 18.6 Å². The SMILES string of the molecule is CC1CN(C(=O)C=Cc2ccc(-n3ccnc3)cc2)CCN1. The zero-order valence-electron chi connectivity index (χ0n) is 12.6. The molecule has 1 N–H and O–H groups in total. The number of nitrogens with zero attached hydrogens (tertiary/aromatic N) is 3. The maximum atomic E-state index is 12.2. The summed E-state index contributed by atoms with van der Waals surface area (Å²) in [5.74, 6) is 0.0760. The Balaban J connectivity index is 1.64.